The maximum atomic E-state index is 12.9. The van der Waals surface area contributed by atoms with Crippen molar-refractivity contribution in [1.29, 1.82) is 0 Å². The molecule has 1 heterocycles. The Kier molecular flexibility index (Phi) is 3.49. The van der Waals surface area contributed by atoms with Crippen molar-refractivity contribution in [2.75, 3.05) is 12.8 Å². The van der Waals surface area contributed by atoms with E-state index in [0.717, 1.165) is 17.6 Å². The van der Waals surface area contributed by atoms with Crippen LogP contribution in [0.3, 0.4) is 0 Å². The number of rotatable bonds is 2. The molecule has 7 heteroatoms. The number of nitrogen functional groups attached to an aromatic ring is 1. The number of esters is 1. The molecule has 0 saturated heterocycles. The summed E-state index contributed by atoms with van der Waals surface area (Å²) in [6.45, 7) is 0. The second kappa shape index (κ2) is 4.91. The van der Waals surface area contributed by atoms with Gasteiger partial charge < -0.3 is 10.5 Å². The van der Waals surface area contributed by atoms with Crippen molar-refractivity contribution < 1.29 is 13.9 Å². The highest BCUT2D eigenvalue weighted by atomic mass is 35.5. The van der Waals surface area contributed by atoms with Crippen LogP contribution in [0.4, 0.5) is 10.1 Å². The maximum Gasteiger partial charge on any atom is 0.351 e. The average Bonchev–Trinajstić information content (AvgIpc) is 2.70. The predicted octanol–water partition coefficient (Wildman–Crippen LogP) is 2.97. The topological polar surface area (TPSA) is 65.2 Å². The van der Waals surface area contributed by atoms with Gasteiger partial charge in [0.2, 0.25) is 0 Å². The fourth-order valence-corrected chi connectivity index (χ4v) is 2.40. The molecule has 0 radical (unpaired) electrons. The summed E-state index contributed by atoms with van der Waals surface area (Å²) < 4.78 is 21.6. The van der Waals surface area contributed by atoms with Gasteiger partial charge in [-0.05, 0) is 29.7 Å². The Morgan fingerprint density at radius 1 is 1.56 bits per heavy atom. The van der Waals surface area contributed by atoms with Crippen LogP contribution in [-0.2, 0) is 4.74 Å². The quantitative estimate of drug-likeness (QED) is 0.862. The van der Waals surface area contributed by atoms with Gasteiger partial charge in [-0.2, -0.15) is 4.37 Å². The zero-order valence-electron chi connectivity index (χ0n) is 9.24. The third-order valence-corrected chi connectivity index (χ3v) is 3.44. The molecular weight excluding hydrogens is 279 g/mol. The molecule has 1 aromatic heterocycles. The zero-order chi connectivity index (χ0) is 13.3. The number of hydrogen-bond acceptors (Lipinski definition) is 5. The molecule has 0 saturated carbocycles. The molecule has 1 aromatic carbocycles. The number of carbonyl (C=O) groups is 1. The molecule has 18 heavy (non-hydrogen) atoms. The molecule has 0 aliphatic carbocycles. The molecule has 0 unspecified atom stereocenters. The molecule has 2 N–H and O–H groups in total. The van der Waals surface area contributed by atoms with Crippen molar-refractivity contribution in [2.24, 2.45) is 0 Å². The summed E-state index contributed by atoms with van der Waals surface area (Å²) >= 11 is 6.83. The Labute approximate surface area is 111 Å². The number of methoxy groups -OCH3 is 1. The Balaban J connectivity index is 2.52. The van der Waals surface area contributed by atoms with E-state index in [0.29, 0.717) is 11.3 Å². The number of ether oxygens (including phenoxy) is 1. The van der Waals surface area contributed by atoms with Gasteiger partial charge in [0.05, 0.1) is 17.8 Å². The highest BCUT2D eigenvalue weighted by Crippen LogP contribution is 2.35. The molecule has 2 aromatic rings. The van der Waals surface area contributed by atoms with E-state index in [4.69, 9.17) is 17.3 Å². The van der Waals surface area contributed by atoms with Crippen molar-refractivity contribution >= 4 is 34.8 Å². The lowest BCUT2D eigenvalue weighted by Gasteiger charge is -2.02. The number of halogens is 2. The summed E-state index contributed by atoms with van der Waals surface area (Å²) in [7, 11) is 1.26. The van der Waals surface area contributed by atoms with Crippen LogP contribution in [-0.4, -0.2) is 17.5 Å². The van der Waals surface area contributed by atoms with Crippen molar-refractivity contribution in [3.8, 4) is 11.3 Å². The summed E-state index contributed by atoms with van der Waals surface area (Å²) in [6.07, 6.45) is 0. The highest BCUT2D eigenvalue weighted by molar-refractivity contribution is 7.09. The molecular formula is C11H8ClFN2O2S. The van der Waals surface area contributed by atoms with E-state index in [2.05, 4.69) is 9.11 Å². The molecule has 0 atom stereocenters. The molecule has 94 valence electrons. The summed E-state index contributed by atoms with van der Waals surface area (Å²) in [5, 5.41) is 0.184. The molecule has 0 aliphatic rings. The van der Waals surface area contributed by atoms with Crippen LogP contribution in [0.25, 0.3) is 11.3 Å². The Hall–Kier alpha value is -1.66. The minimum atomic E-state index is -0.561. The lowest BCUT2D eigenvalue weighted by atomic mass is 10.1. The van der Waals surface area contributed by atoms with Crippen LogP contribution in [0.1, 0.15) is 9.67 Å². The number of carbonyl (C=O) groups excluding carboxylic acids is 1. The van der Waals surface area contributed by atoms with E-state index < -0.39 is 11.8 Å². The summed E-state index contributed by atoms with van der Waals surface area (Å²) in [4.78, 5) is 11.6. The summed E-state index contributed by atoms with van der Waals surface area (Å²) in [5.74, 6) is -1.01. The first-order chi connectivity index (χ1) is 8.54. The van der Waals surface area contributed by atoms with E-state index in [9.17, 15) is 9.18 Å². The largest absolute Gasteiger partial charge is 0.465 e. The number of aromatic nitrogens is 1. The Bertz CT molecular complexity index is 615. The van der Waals surface area contributed by atoms with Gasteiger partial charge >= 0.3 is 5.97 Å². The fraction of sp³-hybridized carbons (Fsp3) is 0.0909. The zero-order valence-corrected chi connectivity index (χ0v) is 10.8. The number of nitrogens with zero attached hydrogens (tertiary/aromatic N) is 1. The van der Waals surface area contributed by atoms with Crippen LogP contribution in [0.5, 0.6) is 0 Å². The van der Waals surface area contributed by atoms with Crippen LogP contribution in [0.15, 0.2) is 18.2 Å². The smallest absolute Gasteiger partial charge is 0.351 e. The summed E-state index contributed by atoms with van der Waals surface area (Å²) in [6, 6.07) is 3.87. The van der Waals surface area contributed by atoms with Crippen molar-refractivity contribution in [3.63, 3.8) is 0 Å². The molecule has 0 aliphatic heterocycles. The third kappa shape index (κ3) is 2.16. The minimum absolute atomic E-state index is 0.181. The molecule has 0 fully saturated rings. The number of hydrogen-bond donors (Lipinski definition) is 1. The lowest BCUT2D eigenvalue weighted by Crippen LogP contribution is -2.02. The first-order valence-electron chi connectivity index (χ1n) is 4.83. The van der Waals surface area contributed by atoms with Gasteiger partial charge in [0.1, 0.15) is 11.5 Å². The van der Waals surface area contributed by atoms with Crippen molar-refractivity contribution in [1.82, 2.24) is 4.37 Å². The first-order valence-corrected chi connectivity index (χ1v) is 5.98. The Morgan fingerprint density at radius 3 is 2.89 bits per heavy atom. The summed E-state index contributed by atoms with van der Waals surface area (Å²) in [5.41, 5.74) is 6.82. The van der Waals surface area contributed by atoms with Crippen LogP contribution in [0.2, 0.25) is 5.02 Å². The van der Waals surface area contributed by atoms with Crippen molar-refractivity contribution in [3.05, 3.63) is 33.9 Å². The SMILES string of the molecule is COC(=O)c1snc(-c2ccc(F)cc2Cl)c1N. The highest BCUT2D eigenvalue weighted by Gasteiger charge is 2.20. The second-order valence-electron chi connectivity index (χ2n) is 3.39. The van der Waals surface area contributed by atoms with Gasteiger partial charge in [0.15, 0.2) is 4.88 Å². The van der Waals surface area contributed by atoms with Crippen LogP contribution < -0.4 is 5.73 Å². The normalized spacial score (nSPS) is 10.4. The molecule has 0 spiro atoms. The molecule has 4 nitrogen and oxygen atoms in total. The van der Waals surface area contributed by atoms with E-state index in [1.54, 1.807) is 0 Å². The standard InChI is InChI=1S/C11H8ClFN2O2S/c1-17-11(16)10-8(14)9(15-18-10)6-3-2-5(13)4-7(6)12/h2-4H,14H2,1H3. The predicted molar refractivity (Wildman–Crippen MR) is 68.3 cm³/mol. The van der Waals surface area contributed by atoms with Crippen LogP contribution in [0, 0.1) is 5.82 Å². The van der Waals surface area contributed by atoms with Gasteiger partial charge in [-0.1, -0.05) is 11.6 Å². The van der Waals surface area contributed by atoms with Crippen LogP contribution >= 0.6 is 23.1 Å². The second-order valence-corrected chi connectivity index (χ2v) is 4.57. The van der Waals surface area contributed by atoms with Gasteiger partial charge in [0.25, 0.3) is 0 Å². The maximum absolute atomic E-state index is 12.9. The van der Waals surface area contributed by atoms with E-state index in [-0.39, 0.29) is 15.6 Å². The molecule has 2 rings (SSSR count). The molecule has 0 bridgehead atoms. The third-order valence-electron chi connectivity index (χ3n) is 2.29. The number of anilines is 1. The van der Waals surface area contributed by atoms with Crippen molar-refractivity contribution in [2.45, 2.75) is 0 Å². The number of nitrogens with two attached hydrogens (primary N) is 1. The van der Waals surface area contributed by atoms with Gasteiger partial charge in [0, 0.05) is 5.56 Å². The van der Waals surface area contributed by atoms with Gasteiger partial charge in [-0.15, -0.1) is 0 Å². The monoisotopic (exact) mass is 286 g/mol. The fourth-order valence-electron chi connectivity index (χ4n) is 1.41. The Morgan fingerprint density at radius 2 is 2.28 bits per heavy atom. The minimum Gasteiger partial charge on any atom is -0.465 e. The van der Waals surface area contributed by atoms with E-state index in [1.165, 1.54) is 19.2 Å². The number of benzene rings is 1. The van der Waals surface area contributed by atoms with E-state index in [1.807, 2.05) is 0 Å². The molecule has 0 amide bonds. The lowest BCUT2D eigenvalue weighted by molar-refractivity contribution is 0.0607. The average molecular weight is 287 g/mol. The van der Waals surface area contributed by atoms with Gasteiger partial charge in [-0.25, -0.2) is 9.18 Å². The first kappa shape index (κ1) is 12.8. The van der Waals surface area contributed by atoms with E-state index >= 15 is 0 Å². The van der Waals surface area contributed by atoms with Gasteiger partial charge in [-0.3, -0.25) is 0 Å².